The number of fused-ring (bicyclic) bond motifs is 7. The van der Waals surface area contributed by atoms with E-state index in [0.29, 0.717) is 42.6 Å². The summed E-state index contributed by atoms with van der Waals surface area (Å²) in [5.41, 5.74) is -0.409. The molecule has 3 nitrogen and oxygen atoms in total. The van der Waals surface area contributed by atoms with Crippen LogP contribution in [0.4, 0.5) is 0 Å². The van der Waals surface area contributed by atoms with E-state index in [2.05, 4.69) is 39.8 Å². The largest absolute Gasteiger partial charge is 0.465 e. The molecule has 5 rings (SSSR count). The normalized spacial score (nSPS) is 44.1. The molecule has 5 aliphatic carbocycles. The Morgan fingerprint density at radius 3 is 2.72 bits per heavy atom. The van der Waals surface area contributed by atoms with Gasteiger partial charge in [-0.25, -0.2) is 0 Å². The Kier molecular flexibility index (Phi) is 7.72. The lowest BCUT2D eigenvalue weighted by Crippen LogP contribution is -2.59. The molecule has 0 aromatic heterocycles. The fourth-order valence-electron chi connectivity index (χ4n) is 9.94. The second kappa shape index (κ2) is 10.4. The second-order valence-electron chi connectivity index (χ2n) is 14.2. The van der Waals surface area contributed by atoms with Crippen molar-refractivity contribution in [2.45, 2.75) is 130 Å². The summed E-state index contributed by atoms with van der Waals surface area (Å²) in [6.45, 7) is 9.88. The molecule has 3 heteroatoms. The average molecular weight is 499 g/mol. The highest BCUT2D eigenvalue weighted by Gasteiger charge is 2.68. The predicted molar refractivity (Wildman–Crippen MR) is 146 cm³/mol. The Morgan fingerprint density at radius 1 is 1.14 bits per heavy atom. The van der Waals surface area contributed by atoms with Crippen LogP contribution in [-0.4, -0.2) is 23.3 Å². The highest BCUT2D eigenvalue weighted by molar-refractivity contribution is 5.69. The molecule has 2 unspecified atom stereocenters. The summed E-state index contributed by atoms with van der Waals surface area (Å²) in [5.74, 6) is 4.56. The average Bonchev–Trinajstić information content (AvgIpc) is 3.54. The van der Waals surface area contributed by atoms with E-state index in [4.69, 9.17) is 4.74 Å². The van der Waals surface area contributed by atoms with E-state index in [-0.39, 0.29) is 16.8 Å². The van der Waals surface area contributed by atoms with E-state index >= 15 is 0 Å². The summed E-state index contributed by atoms with van der Waals surface area (Å²) in [7, 11) is 0. The SMILES string of the molecule is CCCCCCC(C)C(CC)CC(=O)OC[C@]12CC[C@H]3[C@@H](C=C[C@]4(O)CCCC[C@]34C)[C@@H]1[C@@H]1C[C@@H]1C2. The Balaban J connectivity index is 1.22. The van der Waals surface area contributed by atoms with Crippen LogP contribution in [0.2, 0.25) is 0 Å². The molecule has 4 fully saturated rings. The van der Waals surface area contributed by atoms with Crippen LogP contribution < -0.4 is 0 Å². The van der Waals surface area contributed by atoms with Gasteiger partial charge in [0.1, 0.15) is 0 Å². The molecule has 0 saturated heterocycles. The molecule has 10 atom stereocenters. The lowest BCUT2D eigenvalue weighted by molar-refractivity contribution is -0.165. The highest BCUT2D eigenvalue weighted by atomic mass is 16.5. The zero-order chi connectivity index (χ0) is 25.6. The topological polar surface area (TPSA) is 46.5 Å². The Bertz CT molecular complexity index is 820. The number of unbranched alkanes of at least 4 members (excludes halogenated alkanes) is 3. The van der Waals surface area contributed by atoms with Gasteiger partial charge in [0.05, 0.1) is 12.2 Å². The zero-order valence-electron chi connectivity index (χ0n) is 23.8. The van der Waals surface area contributed by atoms with Crippen molar-refractivity contribution in [2.75, 3.05) is 6.61 Å². The standard InChI is InChI=1S/C33H54O3/c1-5-7-8-9-12-23(3)24(6-2)20-29(34)36-22-32-17-14-28-26(30(32)27-19-25(27)21-32)13-18-33(35)16-11-10-15-31(28,33)4/h13,18,23-28,30,35H,5-12,14-17,19-22H2,1-4H3/t23?,24?,25-,26-,27-,28+,30-,31-,32-,33-/m1/s1. The van der Waals surface area contributed by atoms with Crippen LogP contribution in [0.3, 0.4) is 0 Å². The highest BCUT2D eigenvalue weighted by Crippen LogP contribution is 2.73. The van der Waals surface area contributed by atoms with Gasteiger partial charge in [0.15, 0.2) is 0 Å². The summed E-state index contributed by atoms with van der Waals surface area (Å²) in [6, 6.07) is 0. The van der Waals surface area contributed by atoms with Crippen molar-refractivity contribution in [3.8, 4) is 0 Å². The van der Waals surface area contributed by atoms with Gasteiger partial charge < -0.3 is 9.84 Å². The Hall–Kier alpha value is -0.830. The molecule has 0 spiro atoms. The quantitative estimate of drug-likeness (QED) is 0.178. The van der Waals surface area contributed by atoms with Gasteiger partial charge in [-0.05, 0) is 80.0 Å². The third-order valence-corrected chi connectivity index (χ3v) is 12.3. The van der Waals surface area contributed by atoms with Gasteiger partial charge in [-0.3, -0.25) is 4.79 Å². The van der Waals surface area contributed by atoms with Crippen molar-refractivity contribution in [1.82, 2.24) is 0 Å². The van der Waals surface area contributed by atoms with Crippen molar-refractivity contribution in [3.63, 3.8) is 0 Å². The minimum absolute atomic E-state index is 0.0160. The number of carbonyl (C=O) groups excluding carboxylic acids is 1. The van der Waals surface area contributed by atoms with E-state index in [9.17, 15) is 9.90 Å². The van der Waals surface area contributed by atoms with Crippen molar-refractivity contribution in [2.24, 2.45) is 52.3 Å². The molecule has 0 radical (unpaired) electrons. The summed E-state index contributed by atoms with van der Waals surface area (Å²) < 4.78 is 6.20. The summed E-state index contributed by atoms with van der Waals surface area (Å²) in [6.07, 6.45) is 22.3. The number of allylic oxidation sites excluding steroid dienone is 1. The molecule has 5 aliphatic rings. The fraction of sp³-hybridized carbons (Fsp3) is 0.909. The molecule has 0 aromatic carbocycles. The smallest absolute Gasteiger partial charge is 0.306 e. The van der Waals surface area contributed by atoms with Crippen LogP contribution in [0.15, 0.2) is 12.2 Å². The van der Waals surface area contributed by atoms with Gasteiger partial charge in [0.25, 0.3) is 0 Å². The summed E-state index contributed by atoms with van der Waals surface area (Å²) >= 11 is 0. The number of esters is 1. The van der Waals surface area contributed by atoms with E-state index in [1.54, 1.807) is 0 Å². The number of aliphatic hydroxyl groups is 1. The van der Waals surface area contributed by atoms with Crippen LogP contribution >= 0.6 is 0 Å². The second-order valence-corrected chi connectivity index (χ2v) is 14.2. The molecule has 36 heavy (non-hydrogen) atoms. The van der Waals surface area contributed by atoms with Crippen LogP contribution in [0.1, 0.15) is 124 Å². The third kappa shape index (κ3) is 4.62. The zero-order valence-corrected chi connectivity index (χ0v) is 23.8. The van der Waals surface area contributed by atoms with Gasteiger partial charge in [0, 0.05) is 17.3 Å². The summed E-state index contributed by atoms with van der Waals surface area (Å²) in [5, 5.41) is 11.6. The molecule has 0 aromatic rings. The van der Waals surface area contributed by atoms with E-state index < -0.39 is 5.60 Å². The maximum atomic E-state index is 13.1. The third-order valence-electron chi connectivity index (χ3n) is 12.3. The molecule has 0 heterocycles. The monoisotopic (exact) mass is 498 g/mol. The molecule has 0 amide bonds. The first-order valence-electron chi connectivity index (χ1n) is 15.8. The first-order chi connectivity index (χ1) is 17.3. The number of hydrogen-bond acceptors (Lipinski definition) is 3. The molecule has 4 saturated carbocycles. The number of ether oxygens (including phenoxy) is 1. The van der Waals surface area contributed by atoms with Gasteiger partial charge in [-0.15, -0.1) is 0 Å². The maximum Gasteiger partial charge on any atom is 0.306 e. The predicted octanol–water partition coefficient (Wildman–Crippen LogP) is 8.10. The van der Waals surface area contributed by atoms with Gasteiger partial charge >= 0.3 is 5.97 Å². The van der Waals surface area contributed by atoms with Crippen molar-refractivity contribution >= 4 is 5.97 Å². The molecule has 204 valence electrons. The van der Waals surface area contributed by atoms with Crippen molar-refractivity contribution < 1.29 is 14.6 Å². The van der Waals surface area contributed by atoms with Crippen molar-refractivity contribution in [1.29, 1.82) is 0 Å². The lowest BCUT2D eigenvalue weighted by atomic mass is 9.45. The molecule has 1 N–H and O–H groups in total. The molecular formula is C33H54O3. The van der Waals surface area contributed by atoms with Gasteiger partial charge in [-0.1, -0.05) is 91.2 Å². The van der Waals surface area contributed by atoms with Gasteiger partial charge in [-0.2, -0.15) is 0 Å². The van der Waals surface area contributed by atoms with E-state index in [1.807, 2.05) is 0 Å². The number of carbonyl (C=O) groups is 1. The summed E-state index contributed by atoms with van der Waals surface area (Å²) in [4.78, 5) is 13.1. The van der Waals surface area contributed by atoms with Crippen molar-refractivity contribution in [3.05, 3.63) is 12.2 Å². The van der Waals surface area contributed by atoms with E-state index in [0.717, 1.165) is 37.5 Å². The van der Waals surface area contributed by atoms with Crippen LogP contribution in [0.5, 0.6) is 0 Å². The molecule has 0 aliphatic heterocycles. The maximum absolute atomic E-state index is 13.1. The lowest BCUT2D eigenvalue weighted by Gasteiger charge is -2.61. The Morgan fingerprint density at radius 2 is 1.94 bits per heavy atom. The minimum atomic E-state index is -0.608. The van der Waals surface area contributed by atoms with Crippen LogP contribution in [0, 0.1) is 52.3 Å². The van der Waals surface area contributed by atoms with Gasteiger partial charge in [0.2, 0.25) is 0 Å². The first-order valence-corrected chi connectivity index (χ1v) is 15.8. The first kappa shape index (κ1) is 26.8. The van der Waals surface area contributed by atoms with Crippen LogP contribution in [-0.2, 0) is 9.53 Å². The molecule has 0 bridgehead atoms. The fourth-order valence-corrected chi connectivity index (χ4v) is 9.94. The van der Waals surface area contributed by atoms with Crippen LogP contribution in [0.25, 0.3) is 0 Å². The Labute approximate surface area is 221 Å². The number of hydrogen-bond donors (Lipinski definition) is 1. The minimum Gasteiger partial charge on any atom is -0.465 e. The molecular weight excluding hydrogens is 444 g/mol. The number of rotatable bonds is 11. The van der Waals surface area contributed by atoms with E-state index in [1.165, 1.54) is 64.2 Å².